The number of nitrogens with zero attached hydrogens (tertiary/aromatic N) is 2. The Morgan fingerprint density at radius 2 is 2.03 bits per heavy atom. The monoisotopic (exact) mass is 435 g/mol. The Morgan fingerprint density at radius 3 is 2.70 bits per heavy atom. The third kappa shape index (κ3) is 4.40. The third-order valence-corrected chi connectivity index (χ3v) is 4.76. The number of nitrogens with one attached hydrogen (secondary N) is 1. The second-order valence-electron chi connectivity index (χ2n) is 6.59. The minimum absolute atomic E-state index is 0.0793. The fourth-order valence-electron chi connectivity index (χ4n) is 2.81. The van der Waals surface area contributed by atoms with Crippen molar-refractivity contribution in [3.05, 3.63) is 63.4 Å². The zero-order valence-electron chi connectivity index (χ0n) is 16.3. The van der Waals surface area contributed by atoms with Crippen LogP contribution in [0.2, 0.25) is 0 Å². The van der Waals surface area contributed by atoms with Gasteiger partial charge in [0.15, 0.2) is 11.6 Å². The van der Waals surface area contributed by atoms with Gasteiger partial charge in [-0.05, 0) is 36.2 Å². The number of halogens is 1. The molecule has 1 N–H and O–H groups in total. The number of amides is 1. The fraction of sp³-hybridized carbons (Fsp3) is 0.211. The van der Waals surface area contributed by atoms with Crippen LogP contribution in [0.5, 0.6) is 5.75 Å². The molecular weight excluding hydrogens is 417 g/mol. The van der Waals surface area contributed by atoms with Gasteiger partial charge in [-0.2, -0.15) is 0 Å². The molecule has 2 heterocycles. The molecule has 30 heavy (non-hydrogen) atoms. The molecule has 0 fully saturated rings. The van der Waals surface area contributed by atoms with Crippen molar-refractivity contribution in [3.8, 4) is 5.75 Å². The number of carbonyl (C=O) groups is 1. The number of carbonyl (C=O) groups excluding carboxylic acids is 1. The minimum Gasteiger partial charge on any atom is -0.422 e. The number of hydrogen-bond donors (Lipinski definition) is 2. The van der Waals surface area contributed by atoms with Crippen LogP contribution in [0.25, 0.3) is 11.0 Å². The SMILES string of the molecule is Cc1c(Cc2ccnc(N[SH](=O)=O)c2F)c(=O)oc2cc(OC(=O)N(C)C)ccc12. The maximum atomic E-state index is 14.6. The molecule has 0 unspecified atom stereocenters. The number of pyridine rings is 1. The average Bonchev–Trinajstić information content (AvgIpc) is 2.67. The Balaban J connectivity index is 2.00. The van der Waals surface area contributed by atoms with Crippen LogP contribution >= 0.6 is 0 Å². The van der Waals surface area contributed by atoms with Gasteiger partial charge in [0, 0.05) is 43.7 Å². The second kappa shape index (κ2) is 8.49. The van der Waals surface area contributed by atoms with Crippen LogP contribution in [-0.4, -0.2) is 38.5 Å². The maximum absolute atomic E-state index is 14.6. The summed E-state index contributed by atoms with van der Waals surface area (Å²) in [6.45, 7) is 1.69. The zero-order valence-corrected chi connectivity index (χ0v) is 17.2. The van der Waals surface area contributed by atoms with Crippen LogP contribution in [-0.2, 0) is 17.3 Å². The van der Waals surface area contributed by atoms with Crippen molar-refractivity contribution >= 4 is 33.8 Å². The van der Waals surface area contributed by atoms with Crippen LogP contribution in [0.15, 0.2) is 39.7 Å². The lowest BCUT2D eigenvalue weighted by atomic mass is 10.00. The second-order valence-corrected chi connectivity index (χ2v) is 7.33. The summed E-state index contributed by atoms with van der Waals surface area (Å²) in [7, 11) is -0.0139. The summed E-state index contributed by atoms with van der Waals surface area (Å²) in [6, 6.07) is 5.97. The number of ether oxygens (including phenoxy) is 1. The van der Waals surface area contributed by atoms with E-state index in [1.54, 1.807) is 19.1 Å². The van der Waals surface area contributed by atoms with Gasteiger partial charge < -0.3 is 14.1 Å². The normalized spacial score (nSPS) is 11.0. The van der Waals surface area contributed by atoms with Gasteiger partial charge in [-0.25, -0.2) is 27.4 Å². The molecule has 1 amide bonds. The minimum atomic E-state index is -3.09. The molecule has 0 radical (unpaired) electrons. The van der Waals surface area contributed by atoms with Crippen molar-refractivity contribution in [1.29, 1.82) is 0 Å². The first-order valence-corrected chi connectivity index (χ1v) is 9.85. The summed E-state index contributed by atoms with van der Waals surface area (Å²) < 4.78 is 48.6. The smallest absolute Gasteiger partial charge is 0.414 e. The number of aryl methyl sites for hydroxylation is 1. The van der Waals surface area contributed by atoms with Gasteiger partial charge in [-0.15, -0.1) is 0 Å². The standard InChI is InChI=1S/C19H18FN3O6S/c1-10-13-5-4-12(28-19(25)23(2)3)9-15(13)29-18(24)14(10)8-11-6-7-21-17(16(11)20)22-30(26)27/h4-7,9,30H,8H2,1-3H3,(H,21,22,26,27). The lowest BCUT2D eigenvalue weighted by Gasteiger charge is -2.12. The Kier molecular flexibility index (Phi) is 6.01. The molecule has 158 valence electrons. The number of hydrogen-bond acceptors (Lipinski definition) is 7. The summed E-state index contributed by atoms with van der Waals surface area (Å²) in [5, 5.41) is 0.588. The van der Waals surface area contributed by atoms with Gasteiger partial charge in [-0.3, -0.25) is 4.72 Å². The van der Waals surface area contributed by atoms with Gasteiger partial charge in [0.2, 0.25) is 10.9 Å². The molecule has 0 saturated carbocycles. The number of thiol groups is 1. The highest BCUT2D eigenvalue weighted by atomic mass is 32.2. The van der Waals surface area contributed by atoms with Gasteiger partial charge >= 0.3 is 11.7 Å². The average molecular weight is 435 g/mol. The molecule has 0 saturated heterocycles. The van der Waals surface area contributed by atoms with Crippen LogP contribution in [0.1, 0.15) is 16.7 Å². The van der Waals surface area contributed by atoms with Crippen molar-refractivity contribution in [2.45, 2.75) is 13.3 Å². The molecular formula is C19H18FN3O6S. The van der Waals surface area contributed by atoms with E-state index in [9.17, 15) is 22.4 Å². The molecule has 3 rings (SSSR count). The molecule has 0 atom stereocenters. The Morgan fingerprint density at radius 1 is 1.30 bits per heavy atom. The van der Waals surface area contributed by atoms with Crippen LogP contribution in [0, 0.1) is 12.7 Å². The van der Waals surface area contributed by atoms with Gasteiger partial charge in [0.1, 0.15) is 11.3 Å². The summed E-state index contributed by atoms with van der Waals surface area (Å²) >= 11 is 0. The maximum Gasteiger partial charge on any atom is 0.414 e. The van der Waals surface area contributed by atoms with Crippen molar-refractivity contribution in [1.82, 2.24) is 9.88 Å². The predicted octanol–water partition coefficient (Wildman–Crippen LogP) is 2.23. The Labute approximate surface area is 172 Å². The van der Waals surface area contributed by atoms with E-state index in [1.807, 2.05) is 4.72 Å². The van der Waals surface area contributed by atoms with E-state index in [0.29, 0.717) is 10.9 Å². The van der Waals surface area contributed by atoms with Gasteiger partial charge in [-0.1, -0.05) is 0 Å². The first-order chi connectivity index (χ1) is 14.2. The number of rotatable bonds is 5. The lowest BCUT2D eigenvalue weighted by Crippen LogP contribution is -2.25. The molecule has 0 spiro atoms. The number of aromatic nitrogens is 1. The first-order valence-electron chi connectivity index (χ1n) is 8.67. The zero-order chi connectivity index (χ0) is 22.0. The van der Waals surface area contributed by atoms with E-state index < -0.39 is 34.2 Å². The molecule has 1 aromatic carbocycles. The molecule has 0 aliphatic carbocycles. The Bertz CT molecular complexity index is 1260. The van der Waals surface area contributed by atoms with E-state index in [-0.39, 0.29) is 28.9 Å². The largest absolute Gasteiger partial charge is 0.422 e. The first kappa shape index (κ1) is 21.2. The van der Waals surface area contributed by atoms with Crippen molar-refractivity contribution in [2.75, 3.05) is 18.8 Å². The summed E-state index contributed by atoms with van der Waals surface area (Å²) in [4.78, 5) is 29.1. The predicted molar refractivity (Wildman–Crippen MR) is 108 cm³/mol. The van der Waals surface area contributed by atoms with Crippen LogP contribution in [0.4, 0.5) is 15.0 Å². The van der Waals surface area contributed by atoms with E-state index in [1.165, 1.54) is 37.3 Å². The fourth-order valence-corrected chi connectivity index (χ4v) is 3.14. The van der Waals surface area contributed by atoms with E-state index >= 15 is 0 Å². The highest BCUT2D eigenvalue weighted by molar-refractivity contribution is 7.73. The molecule has 0 aliphatic rings. The van der Waals surface area contributed by atoms with Gasteiger partial charge in [0.25, 0.3) is 0 Å². The number of fused-ring (bicyclic) bond motifs is 1. The van der Waals surface area contributed by atoms with Gasteiger partial charge in [0.05, 0.1) is 0 Å². The molecule has 3 aromatic rings. The van der Waals surface area contributed by atoms with Crippen LogP contribution < -0.4 is 15.1 Å². The van der Waals surface area contributed by atoms with Crippen LogP contribution in [0.3, 0.4) is 0 Å². The molecule has 2 aromatic heterocycles. The van der Waals surface area contributed by atoms with Crippen molar-refractivity contribution in [3.63, 3.8) is 0 Å². The number of benzene rings is 1. The molecule has 0 bridgehead atoms. The Hall–Kier alpha value is -3.47. The van der Waals surface area contributed by atoms with E-state index in [4.69, 9.17) is 9.15 Å². The highest BCUT2D eigenvalue weighted by Crippen LogP contribution is 2.26. The van der Waals surface area contributed by atoms with Crippen molar-refractivity contribution < 1.29 is 26.8 Å². The molecule has 9 nitrogen and oxygen atoms in total. The third-order valence-electron chi connectivity index (χ3n) is 4.36. The molecule has 0 aliphatic heterocycles. The van der Waals surface area contributed by atoms with E-state index in [2.05, 4.69) is 4.98 Å². The summed E-state index contributed by atoms with van der Waals surface area (Å²) in [6.07, 6.45) is 0.533. The quantitative estimate of drug-likeness (QED) is 0.466. The van der Waals surface area contributed by atoms with E-state index in [0.717, 1.165) is 0 Å². The lowest BCUT2D eigenvalue weighted by molar-refractivity contribution is 0.172. The highest BCUT2D eigenvalue weighted by Gasteiger charge is 2.17. The topological polar surface area (TPSA) is 119 Å². The van der Waals surface area contributed by atoms with Crippen molar-refractivity contribution in [2.24, 2.45) is 0 Å². The number of anilines is 1. The summed E-state index contributed by atoms with van der Waals surface area (Å²) in [5.74, 6) is -1.11. The molecule has 11 heteroatoms. The summed E-state index contributed by atoms with van der Waals surface area (Å²) in [5.41, 5.74) is 0.383.